The van der Waals surface area contributed by atoms with Gasteiger partial charge >= 0.3 is 0 Å². The van der Waals surface area contributed by atoms with Gasteiger partial charge in [-0.15, -0.1) is 0 Å². The van der Waals surface area contributed by atoms with E-state index in [2.05, 4.69) is 5.73 Å². The van der Waals surface area contributed by atoms with Gasteiger partial charge in [0.25, 0.3) is 5.91 Å². The highest BCUT2D eigenvalue weighted by Gasteiger charge is 2.05. The predicted molar refractivity (Wildman–Crippen MR) is 24.4 cm³/mol. The maximum absolute atomic E-state index is 10.0. The maximum atomic E-state index is 10.0. The Hall–Kier alpha value is -1.37. The van der Waals surface area contributed by atoms with Crippen LogP contribution in [0.2, 0.25) is 0 Å². The average molecular weight is 112 g/mol. The Morgan fingerprint density at radius 1 is 1.62 bits per heavy atom. The summed E-state index contributed by atoms with van der Waals surface area (Å²) < 4.78 is 0. The second-order valence-corrected chi connectivity index (χ2v) is 1.12. The standard InChI is InChI=1S/C4H4N2O2/c5-2-1-3(7)4(6)8/h1H2,(H2,6,8). The molecule has 0 radical (unpaired) electrons. The van der Waals surface area contributed by atoms with Gasteiger partial charge in [0.05, 0.1) is 6.07 Å². The Bertz CT molecular complexity index is 156. The lowest BCUT2D eigenvalue weighted by molar-refractivity contribution is -0.135. The zero-order chi connectivity index (χ0) is 6.57. The number of nitrogens with two attached hydrogens (primary N) is 1. The molecule has 0 saturated carbocycles. The molecule has 0 aromatic carbocycles. The number of carbonyl (C=O) groups is 2. The smallest absolute Gasteiger partial charge is 0.285 e. The van der Waals surface area contributed by atoms with Gasteiger partial charge < -0.3 is 5.73 Å². The van der Waals surface area contributed by atoms with Crippen molar-refractivity contribution in [3.05, 3.63) is 0 Å². The van der Waals surface area contributed by atoms with Crippen LogP contribution in [0.1, 0.15) is 6.42 Å². The normalized spacial score (nSPS) is 7.38. The average Bonchev–Trinajstić information content (AvgIpc) is 1.67. The van der Waals surface area contributed by atoms with Gasteiger partial charge in [0.15, 0.2) is 0 Å². The number of carbonyl (C=O) groups excluding carboxylic acids is 2. The van der Waals surface area contributed by atoms with E-state index in [-0.39, 0.29) is 0 Å². The molecule has 0 rings (SSSR count). The Balaban J connectivity index is 3.71. The van der Waals surface area contributed by atoms with Crippen molar-refractivity contribution in [3.63, 3.8) is 0 Å². The summed E-state index contributed by atoms with van der Waals surface area (Å²) in [6.45, 7) is 0. The molecule has 0 spiro atoms. The molecule has 0 aromatic rings. The van der Waals surface area contributed by atoms with Crippen LogP contribution < -0.4 is 5.73 Å². The molecule has 0 unspecified atom stereocenters. The first-order valence-corrected chi connectivity index (χ1v) is 1.88. The number of rotatable bonds is 2. The number of nitrogens with zero attached hydrogens (tertiary/aromatic N) is 1. The molecule has 0 heterocycles. The molecular weight excluding hydrogens is 108 g/mol. The number of ketones is 1. The lowest BCUT2D eigenvalue weighted by Crippen LogP contribution is -2.22. The van der Waals surface area contributed by atoms with Crippen LogP contribution >= 0.6 is 0 Å². The van der Waals surface area contributed by atoms with Crippen molar-refractivity contribution < 1.29 is 9.59 Å². The third kappa shape index (κ3) is 1.92. The van der Waals surface area contributed by atoms with Crippen molar-refractivity contribution in [2.75, 3.05) is 0 Å². The van der Waals surface area contributed by atoms with Crippen molar-refractivity contribution in [2.45, 2.75) is 6.42 Å². The molecule has 2 N–H and O–H groups in total. The minimum atomic E-state index is -1.05. The number of primary amides is 1. The summed E-state index contributed by atoms with van der Waals surface area (Å²) in [5, 5.41) is 7.81. The molecule has 0 aliphatic rings. The van der Waals surface area contributed by atoms with Crippen LogP contribution in [-0.4, -0.2) is 11.7 Å². The quantitative estimate of drug-likeness (QED) is 0.463. The Labute approximate surface area is 45.9 Å². The lowest BCUT2D eigenvalue weighted by atomic mass is 10.3. The largest absolute Gasteiger partial charge is 0.363 e. The van der Waals surface area contributed by atoms with Crippen LogP contribution in [0.15, 0.2) is 0 Å². The van der Waals surface area contributed by atoms with E-state index >= 15 is 0 Å². The molecule has 8 heavy (non-hydrogen) atoms. The summed E-state index contributed by atoms with van der Waals surface area (Å²) >= 11 is 0. The van der Waals surface area contributed by atoms with Crippen molar-refractivity contribution in [3.8, 4) is 6.07 Å². The fourth-order valence-electron chi connectivity index (χ4n) is 0.159. The molecule has 0 atom stereocenters. The molecule has 0 aliphatic heterocycles. The zero-order valence-electron chi connectivity index (χ0n) is 4.05. The minimum absolute atomic E-state index is 0.421. The first-order chi connectivity index (χ1) is 3.68. The van der Waals surface area contributed by atoms with Crippen LogP contribution in [0.25, 0.3) is 0 Å². The minimum Gasteiger partial charge on any atom is -0.363 e. The van der Waals surface area contributed by atoms with Crippen LogP contribution in [0.3, 0.4) is 0 Å². The van der Waals surface area contributed by atoms with Crippen molar-refractivity contribution in [1.29, 1.82) is 5.26 Å². The fourth-order valence-corrected chi connectivity index (χ4v) is 0.159. The van der Waals surface area contributed by atoms with Gasteiger partial charge in [0, 0.05) is 0 Å². The molecule has 4 heteroatoms. The number of hydrogen-bond donors (Lipinski definition) is 1. The summed E-state index contributed by atoms with van der Waals surface area (Å²) in [4.78, 5) is 19.9. The lowest BCUT2D eigenvalue weighted by Gasteiger charge is -1.80. The molecule has 42 valence electrons. The Kier molecular flexibility index (Phi) is 2.28. The molecule has 1 amide bonds. The van der Waals surface area contributed by atoms with E-state index in [0.29, 0.717) is 0 Å². The Morgan fingerprint density at radius 2 is 2.12 bits per heavy atom. The fraction of sp³-hybridized carbons (Fsp3) is 0.250. The van der Waals surface area contributed by atoms with Crippen LogP contribution in [-0.2, 0) is 9.59 Å². The summed E-state index contributed by atoms with van der Waals surface area (Å²) in [7, 11) is 0. The first-order valence-electron chi connectivity index (χ1n) is 1.88. The van der Waals surface area contributed by atoms with Gasteiger partial charge in [-0.1, -0.05) is 0 Å². The van der Waals surface area contributed by atoms with Gasteiger partial charge in [-0.05, 0) is 0 Å². The number of amides is 1. The van der Waals surface area contributed by atoms with Crippen LogP contribution in [0.4, 0.5) is 0 Å². The highest BCUT2D eigenvalue weighted by molar-refractivity contribution is 6.36. The molecule has 0 aliphatic carbocycles. The van der Waals surface area contributed by atoms with Gasteiger partial charge in [-0.2, -0.15) is 5.26 Å². The van der Waals surface area contributed by atoms with E-state index in [4.69, 9.17) is 5.26 Å². The topological polar surface area (TPSA) is 83.9 Å². The van der Waals surface area contributed by atoms with E-state index < -0.39 is 18.1 Å². The van der Waals surface area contributed by atoms with Crippen LogP contribution in [0.5, 0.6) is 0 Å². The van der Waals surface area contributed by atoms with E-state index in [0.717, 1.165) is 0 Å². The number of nitriles is 1. The predicted octanol–water partition coefficient (Wildman–Crippen LogP) is -1.05. The van der Waals surface area contributed by atoms with E-state index in [1.807, 2.05) is 0 Å². The molecule has 0 bridgehead atoms. The highest BCUT2D eigenvalue weighted by atomic mass is 16.2. The van der Waals surface area contributed by atoms with Crippen molar-refractivity contribution in [1.82, 2.24) is 0 Å². The molecule has 0 aromatic heterocycles. The summed E-state index contributed by atoms with van der Waals surface area (Å²) in [6.07, 6.45) is -0.421. The van der Waals surface area contributed by atoms with Crippen LogP contribution in [0, 0.1) is 11.3 Å². The van der Waals surface area contributed by atoms with Crippen molar-refractivity contribution in [2.24, 2.45) is 5.73 Å². The molecule has 0 saturated heterocycles. The van der Waals surface area contributed by atoms with E-state index in [1.54, 1.807) is 0 Å². The van der Waals surface area contributed by atoms with E-state index in [1.165, 1.54) is 6.07 Å². The number of Topliss-reactive ketones (excluding diaryl/α,β-unsaturated/α-hetero) is 1. The third-order valence-electron chi connectivity index (χ3n) is 0.514. The highest BCUT2D eigenvalue weighted by Crippen LogP contribution is 1.75. The molecule has 0 fully saturated rings. The summed E-state index contributed by atoms with van der Waals surface area (Å²) in [6, 6.07) is 1.50. The molecular formula is C4H4N2O2. The second kappa shape index (κ2) is 2.75. The summed E-state index contributed by atoms with van der Waals surface area (Å²) in [5.41, 5.74) is 4.48. The zero-order valence-corrected chi connectivity index (χ0v) is 4.05. The second-order valence-electron chi connectivity index (χ2n) is 1.12. The summed E-state index contributed by atoms with van der Waals surface area (Å²) in [5.74, 6) is -1.89. The maximum Gasteiger partial charge on any atom is 0.285 e. The van der Waals surface area contributed by atoms with E-state index in [9.17, 15) is 9.59 Å². The first kappa shape index (κ1) is 6.63. The monoisotopic (exact) mass is 112 g/mol. The SMILES string of the molecule is N#CCC(=O)C(N)=O. The van der Waals surface area contributed by atoms with Crippen molar-refractivity contribution >= 4 is 11.7 Å². The molecule has 4 nitrogen and oxygen atoms in total. The Morgan fingerprint density at radius 3 is 2.25 bits per heavy atom. The van der Waals surface area contributed by atoms with Gasteiger partial charge in [0.1, 0.15) is 6.42 Å². The van der Waals surface area contributed by atoms with Gasteiger partial charge in [0.2, 0.25) is 5.78 Å². The third-order valence-corrected chi connectivity index (χ3v) is 0.514. The van der Waals surface area contributed by atoms with Gasteiger partial charge in [-0.25, -0.2) is 0 Å². The number of hydrogen-bond acceptors (Lipinski definition) is 3. The van der Waals surface area contributed by atoms with Gasteiger partial charge in [-0.3, -0.25) is 9.59 Å².